The van der Waals surface area contributed by atoms with Crippen LogP contribution < -0.4 is 0 Å². The molecule has 1 radical (unpaired) electrons. The molecule has 0 atom stereocenters. The van der Waals surface area contributed by atoms with E-state index in [0.29, 0.717) is 5.65 Å². The van der Waals surface area contributed by atoms with Crippen molar-refractivity contribution in [2.24, 2.45) is 0 Å². The van der Waals surface area contributed by atoms with E-state index < -0.39 is 0 Å². The van der Waals surface area contributed by atoms with Crippen LogP contribution in [0.2, 0.25) is 0 Å². The number of rotatable bonds is 0. The van der Waals surface area contributed by atoms with Crippen LogP contribution in [0.15, 0.2) is 18.5 Å². The highest BCUT2D eigenvalue weighted by Gasteiger charge is 1.91. The van der Waals surface area contributed by atoms with Gasteiger partial charge in [0.25, 0.3) is 0 Å². The molecule has 47 valence electrons. The molecule has 0 aliphatic rings. The van der Waals surface area contributed by atoms with Crippen molar-refractivity contribution in [1.29, 1.82) is 0 Å². The molecule has 0 fully saturated rings. The SMILES string of the molecule is [c]1cc2nccnc2nn1. The molecule has 10 heavy (non-hydrogen) atoms. The molecule has 0 amide bonds. The number of hydrogen-bond donors (Lipinski definition) is 0. The lowest BCUT2D eigenvalue weighted by Crippen LogP contribution is -1.87. The van der Waals surface area contributed by atoms with Crippen molar-refractivity contribution in [3.63, 3.8) is 0 Å². The van der Waals surface area contributed by atoms with E-state index in [1.54, 1.807) is 18.5 Å². The predicted octanol–water partition coefficient (Wildman–Crippen LogP) is 0.220. The van der Waals surface area contributed by atoms with Crippen molar-refractivity contribution < 1.29 is 0 Å². The zero-order chi connectivity index (χ0) is 6.81. The van der Waals surface area contributed by atoms with E-state index in [9.17, 15) is 0 Å². The van der Waals surface area contributed by atoms with Crippen LogP contribution in [0.5, 0.6) is 0 Å². The fourth-order valence-corrected chi connectivity index (χ4v) is 0.687. The minimum Gasteiger partial charge on any atom is -0.251 e. The largest absolute Gasteiger partial charge is 0.251 e. The van der Waals surface area contributed by atoms with Crippen molar-refractivity contribution in [2.75, 3.05) is 0 Å². The Bertz CT molecular complexity index is 281. The van der Waals surface area contributed by atoms with Crippen molar-refractivity contribution in [3.05, 3.63) is 24.7 Å². The molecule has 0 N–H and O–H groups in total. The van der Waals surface area contributed by atoms with Gasteiger partial charge in [0.05, 0.1) is 0 Å². The molecule has 0 aromatic carbocycles. The summed E-state index contributed by atoms with van der Waals surface area (Å²) in [5.41, 5.74) is 1.28. The number of aromatic nitrogens is 4. The van der Waals surface area contributed by atoms with Crippen LogP contribution in [0.1, 0.15) is 0 Å². The third kappa shape index (κ3) is 0.699. The van der Waals surface area contributed by atoms with Gasteiger partial charge >= 0.3 is 0 Å². The summed E-state index contributed by atoms with van der Waals surface area (Å²) in [5.74, 6) is 0. The highest BCUT2D eigenvalue weighted by Crippen LogP contribution is 1.98. The molecule has 0 saturated heterocycles. The molecule has 0 unspecified atom stereocenters. The van der Waals surface area contributed by atoms with Crippen molar-refractivity contribution in [2.45, 2.75) is 0 Å². The van der Waals surface area contributed by atoms with E-state index in [4.69, 9.17) is 0 Å². The van der Waals surface area contributed by atoms with Gasteiger partial charge < -0.3 is 0 Å². The summed E-state index contributed by atoms with van der Waals surface area (Å²) in [6.07, 6.45) is 5.76. The maximum Gasteiger partial charge on any atom is 0.200 e. The minimum atomic E-state index is 0.557. The fourth-order valence-electron chi connectivity index (χ4n) is 0.687. The molecular formula is C6H3N4. The van der Waals surface area contributed by atoms with Gasteiger partial charge in [-0.2, -0.15) is 0 Å². The zero-order valence-electron chi connectivity index (χ0n) is 5.02. The number of nitrogens with zero attached hydrogens (tertiary/aromatic N) is 4. The number of hydrogen-bond acceptors (Lipinski definition) is 4. The van der Waals surface area contributed by atoms with Gasteiger partial charge in [-0.3, -0.25) is 4.98 Å². The van der Waals surface area contributed by atoms with E-state index in [2.05, 4.69) is 26.4 Å². The monoisotopic (exact) mass is 131 g/mol. The summed E-state index contributed by atoms with van der Waals surface area (Å²) < 4.78 is 0. The quantitative estimate of drug-likeness (QED) is 0.513. The van der Waals surface area contributed by atoms with Gasteiger partial charge in [0.2, 0.25) is 0 Å². The lowest BCUT2D eigenvalue weighted by atomic mass is 10.5. The van der Waals surface area contributed by atoms with E-state index >= 15 is 0 Å². The Morgan fingerprint density at radius 3 is 3.00 bits per heavy atom. The first kappa shape index (κ1) is 5.22. The van der Waals surface area contributed by atoms with Gasteiger partial charge in [0, 0.05) is 12.4 Å². The standard InChI is InChI=1S/C6H3N4/c1-2-9-10-6-5(1)7-3-4-8-6/h1,3-4H. The maximum absolute atomic E-state index is 3.98. The summed E-state index contributed by atoms with van der Waals surface area (Å²) in [5, 5.41) is 7.24. The molecule has 0 saturated carbocycles. The minimum absolute atomic E-state index is 0.557. The van der Waals surface area contributed by atoms with Crippen LogP contribution in [0, 0.1) is 6.20 Å². The molecule has 2 rings (SSSR count). The topological polar surface area (TPSA) is 51.6 Å². The molecule has 2 aromatic rings. The summed E-state index contributed by atoms with van der Waals surface area (Å²) >= 11 is 0. The summed E-state index contributed by atoms with van der Waals surface area (Å²) in [4.78, 5) is 7.91. The molecule has 4 nitrogen and oxygen atoms in total. The first-order valence-corrected chi connectivity index (χ1v) is 2.77. The third-order valence-corrected chi connectivity index (χ3v) is 1.11. The van der Waals surface area contributed by atoms with Gasteiger partial charge in [-0.15, -0.1) is 10.2 Å². The Labute approximate surface area is 57.0 Å². The Morgan fingerprint density at radius 2 is 2.10 bits per heavy atom. The van der Waals surface area contributed by atoms with Gasteiger partial charge in [0.1, 0.15) is 11.7 Å². The average molecular weight is 131 g/mol. The maximum atomic E-state index is 3.98. The highest BCUT2D eigenvalue weighted by molar-refractivity contribution is 5.66. The van der Waals surface area contributed by atoms with Gasteiger partial charge in [-0.1, -0.05) is 0 Å². The number of fused-ring (bicyclic) bond motifs is 1. The highest BCUT2D eigenvalue weighted by atomic mass is 15.1. The Kier molecular flexibility index (Phi) is 1.04. The van der Waals surface area contributed by atoms with E-state index in [1.165, 1.54) is 0 Å². The van der Waals surface area contributed by atoms with Crippen LogP contribution in [-0.2, 0) is 0 Å². The summed E-state index contributed by atoms with van der Waals surface area (Å²) in [6.45, 7) is 0. The van der Waals surface area contributed by atoms with Gasteiger partial charge in [-0.25, -0.2) is 4.98 Å². The second-order valence-electron chi connectivity index (χ2n) is 1.74. The van der Waals surface area contributed by atoms with E-state index in [-0.39, 0.29) is 0 Å². The lowest BCUT2D eigenvalue weighted by molar-refractivity contribution is 1.03. The van der Waals surface area contributed by atoms with Crippen LogP contribution in [-0.4, -0.2) is 20.2 Å². The van der Waals surface area contributed by atoms with Crippen LogP contribution in [0.25, 0.3) is 11.2 Å². The van der Waals surface area contributed by atoms with Crippen molar-refractivity contribution >= 4 is 11.2 Å². The van der Waals surface area contributed by atoms with E-state index in [1.807, 2.05) is 0 Å². The summed E-state index contributed by atoms with van der Waals surface area (Å²) in [7, 11) is 0. The fraction of sp³-hybridized carbons (Fsp3) is 0. The average Bonchev–Trinajstić information content (AvgIpc) is 2.05. The molecule has 0 aliphatic carbocycles. The normalized spacial score (nSPS) is 10.0. The molecule has 0 bridgehead atoms. The van der Waals surface area contributed by atoms with Crippen molar-refractivity contribution in [3.8, 4) is 0 Å². The Hall–Kier alpha value is -1.58. The van der Waals surface area contributed by atoms with E-state index in [0.717, 1.165) is 5.52 Å². The smallest absolute Gasteiger partial charge is 0.200 e. The first-order chi connectivity index (χ1) is 4.97. The second-order valence-corrected chi connectivity index (χ2v) is 1.74. The first-order valence-electron chi connectivity index (χ1n) is 2.77. The molecule has 2 heterocycles. The Morgan fingerprint density at radius 1 is 1.20 bits per heavy atom. The van der Waals surface area contributed by atoms with Crippen LogP contribution >= 0.6 is 0 Å². The molecule has 2 aromatic heterocycles. The van der Waals surface area contributed by atoms with Gasteiger partial charge in [-0.05, 0) is 6.07 Å². The molecular weight excluding hydrogens is 128 g/mol. The zero-order valence-corrected chi connectivity index (χ0v) is 5.02. The predicted molar refractivity (Wildman–Crippen MR) is 34.0 cm³/mol. The lowest BCUT2D eigenvalue weighted by Gasteiger charge is -1.88. The Balaban J connectivity index is 2.89. The second kappa shape index (κ2) is 1.98. The summed E-state index contributed by atoms with van der Waals surface area (Å²) in [6, 6.07) is 1.65. The van der Waals surface area contributed by atoms with Gasteiger partial charge in [0.15, 0.2) is 5.65 Å². The molecule has 0 spiro atoms. The molecule has 0 aliphatic heterocycles. The van der Waals surface area contributed by atoms with Crippen molar-refractivity contribution in [1.82, 2.24) is 20.2 Å². The third-order valence-electron chi connectivity index (χ3n) is 1.11. The van der Waals surface area contributed by atoms with Crippen LogP contribution in [0.3, 0.4) is 0 Å². The van der Waals surface area contributed by atoms with Crippen LogP contribution in [0.4, 0.5) is 0 Å². The molecule has 4 heteroatoms.